The van der Waals surface area contributed by atoms with Crippen LogP contribution in [0.25, 0.3) is 5.65 Å². The zero-order valence-corrected chi connectivity index (χ0v) is 22.7. The lowest BCUT2D eigenvalue weighted by Crippen LogP contribution is -2.39. The lowest BCUT2D eigenvalue weighted by molar-refractivity contribution is -0.134. The summed E-state index contributed by atoms with van der Waals surface area (Å²) >= 11 is 0. The molecule has 220 valence electrons. The minimum absolute atomic E-state index is 0.00836. The zero-order valence-electron chi connectivity index (χ0n) is 22.7. The number of rotatable bonds is 9. The van der Waals surface area contributed by atoms with Crippen molar-refractivity contribution >= 4 is 17.5 Å². The van der Waals surface area contributed by atoms with Crippen LogP contribution in [0.3, 0.4) is 0 Å². The SMILES string of the molecule is C=C(C)C(NC(=O)CC1CC(F)(F)C1)c1cnn2cc([C@@H](NC(=O)c3nonc3C)C3CCC(F)(F)CC3)nc2c1. The molecule has 2 aliphatic rings. The maximum Gasteiger partial charge on any atom is 0.276 e. The van der Waals surface area contributed by atoms with Gasteiger partial charge in [0.05, 0.1) is 30.2 Å². The summed E-state index contributed by atoms with van der Waals surface area (Å²) in [4.78, 5) is 30.3. The summed E-state index contributed by atoms with van der Waals surface area (Å²) in [6, 6.07) is 0.365. The van der Waals surface area contributed by atoms with Gasteiger partial charge in [0.25, 0.3) is 5.91 Å². The van der Waals surface area contributed by atoms with E-state index in [9.17, 15) is 27.2 Å². The minimum atomic E-state index is -2.76. The second kappa shape index (κ2) is 10.9. The Hall–Kier alpha value is -3.84. The number of nitrogens with one attached hydrogen (secondary N) is 2. The van der Waals surface area contributed by atoms with Gasteiger partial charge in [-0.25, -0.2) is 31.7 Å². The normalized spacial score (nSPS) is 20.2. The number of aryl methyl sites for hydroxylation is 1. The molecule has 10 nitrogen and oxygen atoms in total. The smallest absolute Gasteiger partial charge is 0.276 e. The van der Waals surface area contributed by atoms with Gasteiger partial charge in [0.1, 0.15) is 5.69 Å². The number of hydrogen-bond acceptors (Lipinski definition) is 7. The average molecular weight is 578 g/mol. The van der Waals surface area contributed by atoms with E-state index < -0.39 is 29.8 Å². The first-order chi connectivity index (χ1) is 19.3. The lowest BCUT2D eigenvalue weighted by atomic mass is 9.79. The maximum atomic E-state index is 13.9. The Bertz CT molecular complexity index is 1450. The van der Waals surface area contributed by atoms with E-state index in [2.05, 4.69) is 42.2 Å². The molecular weight excluding hydrogens is 546 g/mol. The molecule has 2 atom stereocenters. The third-order valence-electron chi connectivity index (χ3n) is 7.85. The van der Waals surface area contributed by atoms with Gasteiger partial charge < -0.3 is 10.6 Å². The van der Waals surface area contributed by atoms with Gasteiger partial charge in [-0.05, 0) is 49.7 Å². The minimum Gasteiger partial charge on any atom is -0.345 e. The molecule has 2 aliphatic carbocycles. The zero-order chi connectivity index (χ0) is 29.5. The summed E-state index contributed by atoms with van der Waals surface area (Å²) in [6.07, 6.45) is 2.30. The van der Waals surface area contributed by atoms with E-state index in [1.54, 1.807) is 26.1 Å². The fraction of sp³-hybridized carbons (Fsp3) is 0.556. The van der Waals surface area contributed by atoms with Gasteiger partial charge in [-0.2, -0.15) is 5.10 Å². The summed E-state index contributed by atoms with van der Waals surface area (Å²) < 4.78 is 60.4. The molecule has 3 aromatic heterocycles. The van der Waals surface area contributed by atoms with Crippen LogP contribution in [0.1, 0.15) is 91.4 Å². The Balaban J connectivity index is 1.38. The Morgan fingerprint density at radius 3 is 2.46 bits per heavy atom. The van der Waals surface area contributed by atoms with Gasteiger partial charge >= 0.3 is 0 Å². The van der Waals surface area contributed by atoms with Gasteiger partial charge in [0.15, 0.2) is 11.3 Å². The number of alkyl halides is 4. The number of nitrogens with zero attached hydrogens (tertiary/aromatic N) is 5. The van der Waals surface area contributed by atoms with Crippen molar-refractivity contribution in [2.24, 2.45) is 11.8 Å². The van der Waals surface area contributed by atoms with Gasteiger partial charge in [-0.3, -0.25) is 9.59 Å². The first-order valence-electron chi connectivity index (χ1n) is 13.5. The molecule has 5 rings (SSSR count). The molecule has 3 heterocycles. The molecule has 2 N–H and O–H groups in total. The summed E-state index contributed by atoms with van der Waals surface area (Å²) in [7, 11) is 0. The van der Waals surface area contributed by atoms with E-state index in [1.165, 1.54) is 10.7 Å². The molecule has 0 radical (unpaired) electrons. The van der Waals surface area contributed by atoms with Crippen LogP contribution >= 0.6 is 0 Å². The third kappa shape index (κ3) is 6.41. The number of carbonyl (C=O) groups excluding carboxylic acids is 2. The molecule has 0 aliphatic heterocycles. The fourth-order valence-electron chi connectivity index (χ4n) is 5.60. The summed E-state index contributed by atoms with van der Waals surface area (Å²) in [5, 5.41) is 17.4. The first-order valence-corrected chi connectivity index (χ1v) is 13.5. The van der Waals surface area contributed by atoms with Crippen LogP contribution in [0.5, 0.6) is 0 Å². The summed E-state index contributed by atoms with van der Waals surface area (Å²) in [5.74, 6) is -7.07. The molecule has 2 amide bonds. The van der Waals surface area contributed by atoms with E-state index >= 15 is 0 Å². The molecule has 3 aromatic rings. The number of aromatic nitrogens is 5. The summed E-state index contributed by atoms with van der Waals surface area (Å²) in [5.41, 5.74) is 2.30. The number of carbonyl (C=O) groups is 2. The third-order valence-corrected chi connectivity index (χ3v) is 7.85. The highest BCUT2D eigenvalue weighted by Crippen LogP contribution is 2.44. The van der Waals surface area contributed by atoms with E-state index in [4.69, 9.17) is 0 Å². The lowest BCUT2D eigenvalue weighted by Gasteiger charge is -2.34. The van der Waals surface area contributed by atoms with Crippen molar-refractivity contribution in [1.29, 1.82) is 0 Å². The molecule has 41 heavy (non-hydrogen) atoms. The predicted molar refractivity (Wildman–Crippen MR) is 137 cm³/mol. The van der Waals surface area contributed by atoms with Crippen molar-refractivity contribution in [2.75, 3.05) is 0 Å². The summed E-state index contributed by atoms with van der Waals surface area (Å²) in [6.45, 7) is 7.25. The highest BCUT2D eigenvalue weighted by Gasteiger charge is 2.46. The van der Waals surface area contributed by atoms with Crippen LogP contribution in [0.15, 0.2) is 35.2 Å². The predicted octanol–water partition coefficient (Wildman–Crippen LogP) is 4.89. The molecule has 2 saturated carbocycles. The molecule has 0 bridgehead atoms. The standard InChI is InChI=1S/C27H31F4N7O3/c1-14(2)22(34-21(39)8-16-10-27(30,31)11-16)18-9-20-33-19(13-38(20)32-12-18)24(17-4-6-26(28,29)7-5-17)35-25(40)23-15(3)36-41-37-23/h9,12-13,16-17,22,24H,1,4-8,10-11H2,2-3H3,(H,34,39)(H,35,40)/t22?,24-/m0/s1. The van der Waals surface area contributed by atoms with Crippen molar-refractivity contribution in [1.82, 2.24) is 35.5 Å². The molecule has 2 fully saturated rings. The average Bonchev–Trinajstić information content (AvgIpc) is 3.50. The topological polar surface area (TPSA) is 127 Å². The number of halogens is 4. The van der Waals surface area contributed by atoms with Gasteiger partial charge in [-0.1, -0.05) is 17.3 Å². The van der Waals surface area contributed by atoms with Crippen LogP contribution < -0.4 is 10.6 Å². The second-order valence-electron chi connectivity index (χ2n) is 11.3. The first kappa shape index (κ1) is 28.7. The van der Waals surface area contributed by atoms with Gasteiger partial charge in [0.2, 0.25) is 17.8 Å². The van der Waals surface area contributed by atoms with Crippen LogP contribution in [0, 0.1) is 18.8 Å². The van der Waals surface area contributed by atoms with E-state index in [0.29, 0.717) is 22.5 Å². The molecule has 0 saturated heterocycles. The number of imidazole rings is 1. The van der Waals surface area contributed by atoms with Crippen LogP contribution in [0.4, 0.5) is 17.6 Å². The Kier molecular flexibility index (Phi) is 7.60. The van der Waals surface area contributed by atoms with Crippen LogP contribution in [-0.2, 0) is 4.79 Å². The molecule has 1 unspecified atom stereocenters. The Morgan fingerprint density at radius 1 is 1.15 bits per heavy atom. The number of hydrogen-bond donors (Lipinski definition) is 2. The molecule has 0 spiro atoms. The number of amides is 2. The Labute approximate surface area is 232 Å². The maximum absolute atomic E-state index is 13.9. The van der Waals surface area contributed by atoms with E-state index in [0.717, 1.165) is 0 Å². The highest BCUT2D eigenvalue weighted by molar-refractivity contribution is 5.93. The largest absolute Gasteiger partial charge is 0.345 e. The number of fused-ring (bicyclic) bond motifs is 1. The molecule has 0 aromatic carbocycles. The molecule has 14 heteroatoms. The van der Waals surface area contributed by atoms with Crippen molar-refractivity contribution in [3.05, 3.63) is 53.3 Å². The second-order valence-corrected chi connectivity index (χ2v) is 11.3. The van der Waals surface area contributed by atoms with E-state index in [-0.39, 0.29) is 74.1 Å². The fourth-order valence-corrected chi connectivity index (χ4v) is 5.60. The van der Waals surface area contributed by atoms with Crippen LogP contribution in [-0.4, -0.2) is 48.6 Å². The Morgan fingerprint density at radius 2 is 1.85 bits per heavy atom. The molecular formula is C27H31F4N7O3. The van der Waals surface area contributed by atoms with Crippen molar-refractivity contribution < 1.29 is 31.8 Å². The van der Waals surface area contributed by atoms with Crippen LogP contribution in [0.2, 0.25) is 0 Å². The van der Waals surface area contributed by atoms with Crippen molar-refractivity contribution in [3.8, 4) is 0 Å². The van der Waals surface area contributed by atoms with Crippen molar-refractivity contribution in [2.45, 2.75) is 82.7 Å². The quantitative estimate of drug-likeness (QED) is 0.274. The van der Waals surface area contributed by atoms with Crippen molar-refractivity contribution in [3.63, 3.8) is 0 Å². The monoisotopic (exact) mass is 577 g/mol. The highest BCUT2D eigenvalue weighted by atomic mass is 19.3. The van der Waals surface area contributed by atoms with E-state index in [1.807, 2.05) is 0 Å². The van der Waals surface area contributed by atoms with Gasteiger partial charge in [-0.15, -0.1) is 0 Å². The van der Waals surface area contributed by atoms with Gasteiger partial charge in [0, 0.05) is 37.7 Å².